The molecule has 1 rings (SSSR count). The molecule has 1 aliphatic rings. The molecule has 2 nitrogen and oxygen atoms in total. The zero-order valence-electron chi connectivity index (χ0n) is 5.42. The standard InChI is InChI=1S/C6H12NOS/c1-2-7-3-4-9-5-6(7)8/h6,8H,1-5H2. The van der Waals surface area contributed by atoms with Gasteiger partial charge in [0.25, 0.3) is 0 Å². The highest BCUT2D eigenvalue weighted by Crippen LogP contribution is 2.13. The molecular weight excluding hydrogens is 134 g/mol. The molecule has 0 bridgehead atoms. The molecule has 9 heavy (non-hydrogen) atoms. The molecule has 1 radical (unpaired) electrons. The molecule has 0 aromatic heterocycles. The fourth-order valence-corrected chi connectivity index (χ4v) is 1.84. The monoisotopic (exact) mass is 146 g/mol. The second-order valence-electron chi connectivity index (χ2n) is 2.09. The van der Waals surface area contributed by atoms with Crippen LogP contribution in [0.15, 0.2) is 0 Å². The van der Waals surface area contributed by atoms with Gasteiger partial charge in [0.15, 0.2) is 0 Å². The minimum atomic E-state index is -0.249. The Balaban J connectivity index is 2.30. The third-order valence-corrected chi connectivity index (χ3v) is 2.50. The molecule has 0 aromatic carbocycles. The maximum absolute atomic E-state index is 9.23. The normalized spacial score (nSPS) is 30.7. The Morgan fingerprint density at radius 1 is 1.78 bits per heavy atom. The van der Waals surface area contributed by atoms with Crippen LogP contribution in [0.5, 0.6) is 0 Å². The Labute approximate surface area is 60.2 Å². The Morgan fingerprint density at radius 3 is 3.00 bits per heavy atom. The summed E-state index contributed by atoms with van der Waals surface area (Å²) < 4.78 is 0. The van der Waals surface area contributed by atoms with Gasteiger partial charge in [-0.3, -0.25) is 4.90 Å². The van der Waals surface area contributed by atoms with Crippen LogP contribution < -0.4 is 0 Å². The minimum Gasteiger partial charge on any atom is -0.378 e. The summed E-state index contributed by atoms with van der Waals surface area (Å²) in [6, 6.07) is 0. The average molecular weight is 146 g/mol. The largest absolute Gasteiger partial charge is 0.378 e. The molecule has 0 aromatic rings. The maximum atomic E-state index is 9.23. The first kappa shape index (κ1) is 7.38. The van der Waals surface area contributed by atoms with Gasteiger partial charge in [0.05, 0.1) is 0 Å². The number of aliphatic hydroxyl groups excluding tert-OH is 1. The molecule has 1 fully saturated rings. The SMILES string of the molecule is [CH2]CN1CCSCC1O. The van der Waals surface area contributed by atoms with E-state index in [1.807, 2.05) is 4.90 Å². The molecule has 53 valence electrons. The zero-order chi connectivity index (χ0) is 6.69. The molecule has 1 N–H and O–H groups in total. The number of rotatable bonds is 1. The average Bonchev–Trinajstić information content (AvgIpc) is 1.89. The lowest BCUT2D eigenvalue weighted by Gasteiger charge is -2.30. The lowest BCUT2D eigenvalue weighted by molar-refractivity contribution is 0.0314. The van der Waals surface area contributed by atoms with E-state index in [1.165, 1.54) is 0 Å². The van der Waals surface area contributed by atoms with E-state index in [4.69, 9.17) is 0 Å². The van der Waals surface area contributed by atoms with Gasteiger partial charge in [-0.05, 0) is 6.92 Å². The summed E-state index contributed by atoms with van der Waals surface area (Å²) in [6.45, 7) is 5.42. The van der Waals surface area contributed by atoms with Crippen molar-refractivity contribution in [3.05, 3.63) is 6.92 Å². The fraction of sp³-hybridized carbons (Fsp3) is 0.833. The summed E-state index contributed by atoms with van der Waals surface area (Å²) in [4.78, 5) is 1.98. The van der Waals surface area contributed by atoms with Crippen molar-refractivity contribution in [2.45, 2.75) is 6.23 Å². The van der Waals surface area contributed by atoms with E-state index in [-0.39, 0.29) is 6.23 Å². The second-order valence-corrected chi connectivity index (χ2v) is 3.24. The lowest BCUT2D eigenvalue weighted by Crippen LogP contribution is -2.41. The van der Waals surface area contributed by atoms with Crippen molar-refractivity contribution in [2.75, 3.05) is 24.6 Å². The lowest BCUT2D eigenvalue weighted by atomic mass is 10.4. The molecule has 1 saturated heterocycles. The number of aliphatic hydroxyl groups is 1. The van der Waals surface area contributed by atoms with Crippen LogP contribution in [0, 0.1) is 6.92 Å². The molecule has 1 unspecified atom stereocenters. The van der Waals surface area contributed by atoms with Gasteiger partial charge in [0.1, 0.15) is 6.23 Å². The van der Waals surface area contributed by atoms with Crippen LogP contribution in [0.25, 0.3) is 0 Å². The van der Waals surface area contributed by atoms with E-state index in [2.05, 4.69) is 6.92 Å². The van der Waals surface area contributed by atoms with Crippen LogP contribution >= 0.6 is 11.8 Å². The van der Waals surface area contributed by atoms with Crippen molar-refractivity contribution in [3.63, 3.8) is 0 Å². The Kier molecular flexibility index (Phi) is 2.82. The summed E-state index contributed by atoms with van der Waals surface area (Å²) in [5.41, 5.74) is 0. The van der Waals surface area contributed by atoms with Crippen molar-refractivity contribution < 1.29 is 5.11 Å². The fourth-order valence-electron chi connectivity index (χ4n) is 0.886. The highest BCUT2D eigenvalue weighted by Gasteiger charge is 2.17. The predicted octanol–water partition coefficient (Wildman–Crippen LogP) is 0.188. The van der Waals surface area contributed by atoms with Gasteiger partial charge in [0.2, 0.25) is 0 Å². The van der Waals surface area contributed by atoms with Crippen molar-refractivity contribution in [2.24, 2.45) is 0 Å². The number of nitrogens with zero attached hydrogens (tertiary/aromatic N) is 1. The molecular formula is C6H12NOS. The predicted molar refractivity (Wildman–Crippen MR) is 40.3 cm³/mol. The molecule has 1 heterocycles. The third-order valence-electron chi connectivity index (χ3n) is 1.50. The van der Waals surface area contributed by atoms with Crippen LogP contribution in [0.1, 0.15) is 0 Å². The summed E-state index contributed by atoms with van der Waals surface area (Å²) in [5.74, 6) is 1.97. The van der Waals surface area contributed by atoms with Gasteiger partial charge in [-0.25, -0.2) is 0 Å². The van der Waals surface area contributed by atoms with Crippen LogP contribution in [0.2, 0.25) is 0 Å². The van der Waals surface area contributed by atoms with Gasteiger partial charge in [-0.15, -0.1) is 0 Å². The first-order valence-electron chi connectivity index (χ1n) is 3.13. The highest BCUT2D eigenvalue weighted by atomic mass is 32.2. The van der Waals surface area contributed by atoms with Crippen LogP contribution in [0.3, 0.4) is 0 Å². The summed E-state index contributed by atoms with van der Waals surface area (Å²) in [7, 11) is 0. The Hall–Kier alpha value is 0.270. The third kappa shape index (κ3) is 1.85. The molecule has 0 spiro atoms. The molecule has 1 atom stereocenters. The van der Waals surface area contributed by atoms with Crippen molar-refractivity contribution in [1.82, 2.24) is 4.90 Å². The van der Waals surface area contributed by atoms with Crippen molar-refractivity contribution >= 4 is 11.8 Å². The van der Waals surface area contributed by atoms with E-state index in [0.717, 1.165) is 24.6 Å². The van der Waals surface area contributed by atoms with Crippen LogP contribution in [0.4, 0.5) is 0 Å². The maximum Gasteiger partial charge on any atom is 0.116 e. The first-order valence-corrected chi connectivity index (χ1v) is 4.29. The van der Waals surface area contributed by atoms with Gasteiger partial charge < -0.3 is 5.11 Å². The highest BCUT2D eigenvalue weighted by molar-refractivity contribution is 7.99. The zero-order valence-corrected chi connectivity index (χ0v) is 6.23. The topological polar surface area (TPSA) is 23.5 Å². The van der Waals surface area contributed by atoms with Crippen LogP contribution in [-0.2, 0) is 0 Å². The molecule has 3 heteroatoms. The molecule has 1 aliphatic heterocycles. The minimum absolute atomic E-state index is 0.249. The van der Waals surface area contributed by atoms with Gasteiger partial charge in [-0.2, -0.15) is 11.8 Å². The molecule has 0 aliphatic carbocycles. The van der Waals surface area contributed by atoms with E-state index in [0.29, 0.717) is 0 Å². The second kappa shape index (κ2) is 3.44. The smallest absolute Gasteiger partial charge is 0.116 e. The van der Waals surface area contributed by atoms with Crippen molar-refractivity contribution in [3.8, 4) is 0 Å². The molecule has 0 amide bonds. The van der Waals surface area contributed by atoms with E-state index in [1.54, 1.807) is 11.8 Å². The van der Waals surface area contributed by atoms with Gasteiger partial charge in [-0.1, -0.05) is 0 Å². The Morgan fingerprint density at radius 2 is 2.56 bits per heavy atom. The van der Waals surface area contributed by atoms with Gasteiger partial charge in [0, 0.05) is 24.6 Å². The van der Waals surface area contributed by atoms with Gasteiger partial charge >= 0.3 is 0 Å². The first-order chi connectivity index (χ1) is 4.34. The number of hydrogen-bond donors (Lipinski definition) is 1. The summed E-state index contributed by atoms with van der Waals surface area (Å²) in [6.07, 6.45) is -0.249. The quantitative estimate of drug-likeness (QED) is 0.571. The molecule has 0 saturated carbocycles. The van der Waals surface area contributed by atoms with E-state index in [9.17, 15) is 5.11 Å². The van der Waals surface area contributed by atoms with E-state index >= 15 is 0 Å². The van der Waals surface area contributed by atoms with E-state index < -0.39 is 0 Å². The van der Waals surface area contributed by atoms with Crippen molar-refractivity contribution in [1.29, 1.82) is 0 Å². The summed E-state index contributed by atoms with van der Waals surface area (Å²) in [5, 5.41) is 9.23. The Bertz CT molecular complexity index is 89.1. The summed E-state index contributed by atoms with van der Waals surface area (Å²) >= 11 is 1.80. The number of hydrogen-bond acceptors (Lipinski definition) is 3. The van der Waals surface area contributed by atoms with Crippen LogP contribution in [-0.4, -0.2) is 40.8 Å². The number of thioether (sulfide) groups is 1.